The molecular formula is C21H19ClN2O4S. The Kier molecular flexibility index (Phi) is 6.20. The van der Waals surface area contributed by atoms with Gasteiger partial charge in [0.2, 0.25) is 0 Å². The van der Waals surface area contributed by atoms with Gasteiger partial charge in [-0.3, -0.25) is 19.8 Å². The lowest BCUT2D eigenvalue weighted by molar-refractivity contribution is -0.122. The Balaban J connectivity index is 2.06. The van der Waals surface area contributed by atoms with Gasteiger partial charge in [0.05, 0.1) is 18.9 Å². The largest absolute Gasteiger partial charge is 0.493 e. The van der Waals surface area contributed by atoms with Crippen molar-refractivity contribution >= 4 is 52.5 Å². The third-order valence-corrected chi connectivity index (χ3v) is 4.61. The van der Waals surface area contributed by atoms with Gasteiger partial charge in [0.15, 0.2) is 16.6 Å². The number of benzene rings is 2. The minimum Gasteiger partial charge on any atom is -0.493 e. The van der Waals surface area contributed by atoms with Gasteiger partial charge in [0.25, 0.3) is 11.8 Å². The molecule has 0 atom stereocenters. The first-order valence-electron chi connectivity index (χ1n) is 8.82. The normalized spacial score (nSPS) is 15.7. The van der Waals surface area contributed by atoms with Crippen LogP contribution in [0.3, 0.4) is 0 Å². The third-order valence-electron chi connectivity index (χ3n) is 4.07. The van der Waals surface area contributed by atoms with Crippen LogP contribution in [0.15, 0.2) is 48.0 Å². The second-order valence-electron chi connectivity index (χ2n) is 6.48. The van der Waals surface area contributed by atoms with Crippen molar-refractivity contribution < 1.29 is 19.1 Å². The fourth-order valence-electron chi connectivity index (χ4n) is 2.81. The molecule has 29 heavy (non-hydrogen) atoms. The first-order chi connectivity index (χ1) is 13.8. The second kappa shape index (κ2) is 8.63. The number of hydrogen-bond donors (Lipinski definition) is 1. The highest BCUT2D eigenvalue weighted by atomic mass is 35.5. The van der Waals surface area contributed by atoms with E-state index < -0.39 is 11.8 Å². The van der Waals surface area contributed by atoms with Crippen molar-refractivity contribution in [3.05, 3.63) is 58.6 Å². The molecule has 0 unspecified atom stereocenters. The summed E-state index contributed by atoms with van der Waals surface area (Å²) in [4.78, 5) is 26.9. The molecule has 3 rings (SSSR count). The molecule has 2 amide bonds. The Morgan fingerprint density at radius 2 is 1.83 bits per heavy atom. The Morgan fingerprint density at radius 1 is 1.14 bits per heavy atom. The summed E-state index contributed by atoms with van der Waals surface area (Å²) in [6.07, 6.45) is 1.35. The van der Waals surface area contributed by atoms with E-state index in [0.717, 1.165) is 0 Å². The highest BCUT2D eigenvalue weighted by Gasteiger charge is 2.34. The molecule has 2 aromatic carbocycles. The van der Waals surface area contributed by atoms with Gasteiger partial charge in [-0.15, -0.1) is 0 Å². The van der Waals surface area contributed by atoms with E-state index in [0.29, 0.717) is 27.8 Å². The van der Waals surface area contributed by atoms with Gasteiger partial charge in [-0.1, -0.05) is 23.7 Å². The quantitative estimate of drug-likeness (QED) is 0.441. The van der Waals surface area contributed by atoms with E-state index in [-0.39, 0.29) is 16.8 Å². The molecule has 2 aromatic rings. The number of ether oxygens (including phenoxy) is 2. The van der Waals surface area contributed by atoms with Crippen LogP contribution >= 0.6 is 23.8 Å². The number of para-hydroxylation sites is 1. The van der Waals surface area contributed by atoms with Crippen molar-refractivity contribution in [2.24, 2.45) is 0 Å². The summed E-state index contributed by atoms with van der Waals surface area (Å²) in [5.41, 5.74) is 0.968. The van der Waals surface area contributed by atoms with Crippen LogP contribution in [0, 0.1) is 0 Å². The van der Waals surface area contributed by atoms with Crippen LogP contribution in [0.25, 0.3) is 6.08 Å². The van der Waals surface area contributed by atoms with Gasteiger partial charge >= 0.3 is 0 Å². The van der Waals surface area contributed by atoms with E-state index in [9.17, 15) is 9.59 Å². The molecule has 0 spiro atoms. The molecule has 1 saturated heterocycles. The molecule has 0 bridgehead atoms. The van der Waals surface area contributed by atoms with Crippen molar-refractivity contribution in [2.75, 3.05) is 12.0 Å². The number of anilines is 1. The lowest BCUT2D eigenvalue weighted by Gasteiger charge is -2.29. The number of nitrogens with zero attached hydrogens (tertiary/aromatic N) is 1. The number of carbonyl (C=O) groups excluding carboxylic acids is 2. The minimum atomic E-state index is -0.580. The lowest BCUT2D eigenvalue weighted by atomic mass is 10.1. The summed E-state index contributed by atoms with van der Waals surface area (Å²) in [5.74, 6) is -0.172. The fourth-order valence-corrected chi connectivity index (χ4v) is 3.21. The predicted octanol–water partition coefficient (Wildman–Crippen LogP) is 3.97. The summed E-state index contributed by atoms with van der Waals surface area (Å²) in [6.45, 7) is 3.76. The Bertz CT molecular complexity index is 1000. The zero-order valence-electron chi connectivity index (χ0n) is 16.1. The summed E-state index contributed by atoms with van der Waals surface area (Å²) in [5, 5.41) is 3.08. The molecule has 1 N–H and O–H groups in total. The van der Waals surface area contributed by atoms with Crippen LogP contribution < -0.4 is 19.7 Å². The molecule has 0 saturated carbocycles. The van der Waals surface area contributed by atoms with Gasteiger partial charge in [0.1, 0.15) is 5.57 Å². The zero-order valence-corrected chi connectivity index (χ0v) is 17.6. The molecule has 0 radical (unpaired) electrons. The maximum absolute atomic E-state index is 13.1. The maximum atomic E-state index is 13.1. The SMILES string of the molecule is COc1cccc(C=C2C(=O)NC(=S)N(c3ccc(Cl)cc3)C2=O)c1OC(C)C. The van der Waals surface area contributed by atoms with Gasteiger partial charge in [-0.25, -0.2) is 0 Å². The lowest BCUT2D eigenvalue weighted by Crippen LogP contribution is -2.54. The summed E-state index contributed by atoms with van der Waals surface area (Å²) < 4.78 is 11.2. The number of hydrogen-bond acceptors (Lipinski definition) is 5. The van der Waals surface area contributed by atoms with Crippen LogP contribution in [-0.2, 0) is 9.59 Å². The van der Waals surface area contributed by atoms with Crippen LogP contribution in [0.4, 0.5) is 5.69 Å². The Hall–Kier alpha value is -2.90. The first kappa shape index (κ1) is 20.8. The van der Waals surface area contributed by atoms with Gasteiger partial charge < -0.3 is 9.47 Å². The fraction of sp³-hybridized carbons (Fsp3) is 0.190. The molecule has 1 aliphatic rings. The number of halogens is 1. The van der Waals surface area contributed by atoms with Crippen molar-refractivity contribution in [1.29, 1.82) is 0 Å². The van der Waals surface area contributed by atoms with Crippen LogP contribution in [0.1, 0.15) is 19.4 Å². The number of thiocarbonyl (C=S) groups is 1. The number of rotatable bonds is 5. The van der Waals surface area contributed by atoms with Gasteiger partial charge in [-0.2, -0.15) is 0 Å². The molecule has 0 aromatic heterocycles. The highest BCUT2D eigenvalue weighted by Crippen LogP contribution is 2.34. The summed E-state index contributed by atoms with van der Waals surface area (Å²) in [6, 6.07) is 11.8. The van der Waals surface area contributed by atoms with E-state index in [1.54, 1.807) is 42.5 Å². The van der Waals surface area contributed by atoms with Crippen molar-refractivity contribution in [3.8, 4) is 11.5 Å². The van der Waals surface area contributed by atoms with Crippen molar-refractivity contribution in [3.63, 3.8) is 0 Å². The summed E-state index contributed by atoms with van der Waals surface area (Å²) >= 11 is 11.1. The molecular weight excluding hydrogens is 412 g/mol. The number of amides is 2. The number of methoxy groups -OCH3 is 1. The second-order valence-corrected chi connectivity index (χ2v) is 7.30. The standard InChI is InChI=1S/C21H19ClN2O4S/c1-12(2)28-18-13(5-4-6-17(18)27-3)11-16-19(25)23-21(29)24(20(16)26)15-9-7-14(22)8-10-15/h4-12H,1-3H3,(H,23,25,29). The number of carbonyl (C=O) groups is 2. The molecule has 0 aliphatic carbocycles. The Morgan fingerprint density at radius 3 is 2.45 bits per heavy atom. The third kappa shape index (κ3) is 4.41. The molecule has 1 aliphatic heterocycles. The Labute approximate surface area is 179 Å². The zero-order chi connectivity index (χ0) is 21.1. The maximum Gasteiger partial charge on any atom is 0.270 e. The smallest absolute Gasteiger partial charge is 0.270 e. The van der Waals surface area contributed by atoms with E-state index in [1.807, 2.05) is 13.8 Å². The van der Waals surface area contributed by atoms with E-state index in [1.165, 1.54) is 18.1 Å². The van der Waals surface area contributed by atoms with E-state index in [2.05, 4.69) is 5.32 Å². The van der Waals surface area contributed by atoms with E-state index >= 15 is 0 Å². The summed E-state index contributed by atoms with van der Waals surface area (Å²) in [7, 11) is 1.53. The van der Waals surface area contributed by atoms with Crippen LogP contribution in [0.5, 0.6) is 11.5 Å². The first-order valence-corrected chi connectivity index (χ1v) is 9.61. The number of nitrogens with one attached hydrogen (secondary N) is 1. The topological polar surface area (TPSA) is 67.9 Å². The van der Waals surface area contributed by atoms with E-state index in [4.69, 9.17) is 33.3 Å². The highest BCUT2D eigenvalue weighted by molar-refractivity contribution is 7.80. The van der Waals surface area contributed by atoms with Crippen LogP contribution in [-0.4, -0.2) is 30.1 Å². The minimum absolute atomic E-state index is 0.00349. The van der Waals surface area contributed by atoms with Gasteiger partial charge in [-0.05, 0) is 62.5 Å². The van der Waals surface area contributed by atoms with Crippen molar-refractivity contribution in [2.45, 2.75) is 20.0 Å². The monoisotopic (exact) mass is 430 g/mol. The van der Waals surface area contributed by atoms with Crippen molar-refractivity contribution in [1.82, 2.24) is 5.32 Å². The molecule has 8 heteroatoms. The molecule has 1 fully saturated rings. The molecule has 6 nitrogen and oxygen atoms in total. The average Bonchev–Trinajstić information content (AvgIpc) is 2.67. The van der Waals surface area contributed by atoms with Crippen LogP contribution in [0.2, 0.25) is 5.02 Å². The molecule has 150 valence electrons. The molecule has 1 heterocycles. The van der Waals surface area contributed by atoms with Gasteiger partial charge in [0, 0.05) is 10.6 Å². The average molecular weight is 431 g/mol. The predicted molar refractivity (Wildman–Crippen MR) is 116 cm³/mol.